The molecule has 1 aromatic carbocycles. The molecule has 1 aromatic heterocycles. The molecule has 1 N–H and O–H groups in total. The first kappa shape index (κ1) is 22.0. The lowest BCUT2D eigenvalue weighted by Gasteiger charge is -2.32. The Hall–Kier alpha value is -2.23. The molecule has 1 atom stereocenters. The number of rotatable bonds is 5. The van der Waals surface area contributed by atoms with Crippen LogP contribution in [0.4, 0.5) is 5.82 Å². The molecule has 2 aliphatic rings. The monoisotopic (exact) mass is 445 g/mol. The van der Waals surface area contributed by atoms with Crippen molar-refractivity contribution < 1.29 is 13.2 Å². The molecule has 2 aromatic rings. The van der Waals surface area contributed by atoms with Gasteiger partial charge >= 0.3 is 0 Å². The fourth-order valence-electron chi connectivity index (χ4n) is 4.49. The smallest absolute Gasteiger partial charge is 0.243 e. The quantitative estimate of drug-likeness (QED) is 0.756. The molecule has 2 aliphatic heterocycles. The van der Waals surface area contributed by atoms with E-state index >= 15 is 0 Å². The first-order valence-electron chi connectivity index (χ1n) is 10.7. The van der Waals surface area contributed by atoms with Gasteiger partial charge in [-0.15, -0.1) is 0 Å². The molecule has 0 amide bonds. The summed E-state index contributed by atoms with van der Waals surface area (Å²) >= 11 is 0. The zero-order chi connectivity index (χ0) is 22.2. The van der Waals surface area contributed by atoms with Crippen molar-refractivity contribution in [3.63, 3.8) is 0 Å². The van der Waals surface area contributed by atoms with Crippen LogP contribution in [0.5, 0.6) is 5.75 Å². The van der Waals surface area contributed by atoms with E-state index in [2.05, 4.69) is 17.3 Å². The molecular weight excluding hydrogens is 414 g/mol. The third-order valence-electron chi connectivity index (χ3n) is 6.26. The van der Waals surface area contributed by atoms with Crippen molar-refractivity contribution in [1.82, 2.24) is 19.2 Å². The Bertz CT molecular complexity index is 1060. The normalized spacial score (nSPS) is 20.3. The van der Waals surface area contributed by atoms with Crippen LogP contribution in [0.25, 0.3) is 0 Å². The molecule has 1 saturated heterocycles. The Labute approximate surface area is 184 Å². The lowest BCUT2D eigenvalue weighted by molar-refractivity contribution is 0.300. The van der Waals surface area contributed by atoms with Crippen molar-refractivity contribution in [3.8, 4) is 5.75 Å². The van der Waals surface area contributed by atoms with Gasteiger partial charge in [0.05, 0.1) is 17.7 Å². The van der Waals surface area contributed by atoms with Gasteiger partial charge in [-0.05, 0) is 50.6 Å². The minimum atomic E-state index is -3.59. The molecule has 3 heterocycles. The van der Waals surface area contributed by atoms with E-state index in [4.69, 9.17) is 14.7 Å². The van der Waals surface area contributed by atoms with E-state index in [1.165, 1.54) is 0 Å². The molecule has 1 unspecified atom stereocenters. The predicted molar refractivity (Wildman–Crippen MR) is 120 cm³/mol. The van der Waals surface area contributed by atoms with Crippen molar-refractivity contribution in [3.05, 3.63) is 40.8 Å². The highest BCUT2D eigenvalue weighted by Gasteiger charge is 2.33. The number of sulfonamides is 1. The van der Waals surface area contributed by atoms with Gasteiger partial charge in [0.15, 0.2) is 0 Å². The zero-order valence-corrected chi connectivity index (χ0v) is 19.5. The van der Waals surface area contributed by atoms with E-state index in [1.807, 2.05) is 14.0 Å². The minimum absolute atomic E-state index is 0.0140. The summed E-state index contributed by atoms with van der Waals surface area (Å²) in [6.45, 7) is 4.56. The van der Waals surface area contributed by atoms with E-state index in [9.17, 15) is 8.42 Å². The van der Waals surface area contributed by atoms with Crippen molar-refractivity contribution in [1.29, 1.82) is 0 Å². The topological polar surface area (TPSA) is 87.7 Å². The first-order valence-corrected chi connectivity index (χ1v) is 12.2. The summed E-state index contributed by atoms with van der Waals surface area (Å²) in [6, 6.07) is 5.02. The Balaban J connectivity index is 1.61. The van der Waals surface area contributed by atoms with Crippen LogP contribution >= 0.6 is 0 Å². The molecule has 168 valence electrons. The van der Waals surface area contributed by atoms with Crippen molar-refractivity contribution in [2.45, 2.75) is 43.5 Å². The molecule has 1 fully saturated rings. The number of hydrogen-bond donors (Lipinski definition) is 1. The number of hydrogen-bond acceptors (Lipinski definition) is 7. The molecule has 0 radical (unpaired) electrons. The van der Waals surface area contributed by atoms with Gasteiger partial charge in [-0.1, -0.05) is 0 Å². The van der Waals surface area contributed by atoms with Crippen molar-refractivity contribution in [2.24, 2.45) is 0 Å². The van der Waals surface area contributed by atoms with E-state index in [0.717, 1.165) is 60.8 Å². The molecule has 8 nitrogen and oxygen atoms in total. The lowest BCUT2D eigenvalue weighted by Crippen LogP contribution is -2.39. The Kier molecular flexibility index (Phi) is 6.18. The highest BCUT2D eigenvalue weighted by molar-refractivity contribution is 7.89. The summed E-state index contributed by atoms with van der Waals surface area (Å²) in [5, 5.41) is 3.22. The summed E-state index contributed by atoms with van der Waals surface area (Å²) in [6.07, 6.45) is 2.56. The number of nitrogens with one attached hydrogen (secondary N) is 1. The molecule has 0 bridgehead atoms. The van der Waals surface area contributed by atoms with Crippen LogP contribution in [-0.4, -0.2) is 68.4 Å². The maximum absolute atomic E-state index is 13.3. The Morgan fingerprint density at radius 1 is 1.23 bits per heavy atom. The van der Waals surface area contributed by atoms with Gasteiger partial charge < -0.3 is 15.0 Å². The molecular formula is C22H31N5O3S. The summed E-state index contributed by atoms with van der Waals surface area (Å²) in [4.78, 5) is 12.3. The maximum Gasteiger partial charge on any atom is 0.243 e. The van der Waals surface area contributed by atoms with E-state index in [-0.39, 0.29) is 5.92 Å². The Morgan fingerprint density at radius 2 is 2.03 bits per heavy atom. The number of likely N-dealkylation sites (N-methyl/N-ethyl adjacent to an activating group) is 1. The van der Waals surface area contributed by atoms with Crippen LogP contribution in [-0.2, 0) is 23.0 Å². The predicted octanol–water partition coefficient (Wildman–Crippen LogP) is 2.39. The molecule has 31 heavy (non-hydrogen) atoms. The first-order chi connectivity index (χ1) is 14.8. The maximum atomic E-state index is 13.3. The van der Waals surface area contributed by atoms with Gasteiger partial charge in [0.25, 0.3) is 0 Å². The van der Waals surface area contributed by atoms with E-state index < -0.39 is 10.0 Å². The highest BCUT2D eigenvalue weighted by Crippen LogP contribution is 2.32. The lowest BCUT2D eigenvalue weighted by atomic mass is 9.97. The standard InChI is InChI=1S/C22H31N5O3S/c1-15-12-17(7-8-20(15)30-4)31(28,29)27-10-5-6-16(13-27)21-24-19-9-11-26(3)14-18(19)22(23-2)25-21/h7-8,12,16H,5-6,9-11,13-14H2,1-4H3,(H,23,24,25). The minimum Gasteiger partial charge on any atom is -0.496 e. The second-order valence-electron chi connectivity index (χ2n) is 8.43. The number of nitrogens with zero attached hydrogens (tertiary/aromatic N) is 4. The van der Waals surface area contributed by atoms with Crippen LogP contribution in [0.1, 0.15) is 41.4 Å². The van der Waals surface area contributed by atoms with Crippen LogP contribution in [0, 0.1) is 6.92 Å². The molecule has 0 spiro atoms. The summed E-state index contributed by atoms with van der Waals surface area (Å²) < 4.78 is 33.5. The summed E-state index contributed by atoms with van der Waals surface area (Å²) in [5.74, 6) is 2.28. The number of anilines is 1. The molecule has 0 aliphatic carbocycles. The summed E-state index contributed by atoms with van der Waals surface area (Å²) in [7, 11) is 1.97. The van der Waals surface area contributed by atoms with Crippen molar-refractivity contribution in [2.75, 3.05) is 46.2 Å². The van der Waals surface area contributed by atoms with Crippen LogP contribution < -0.4 is 10.1 Å². The fourth-order valence-corrected chi connectivity index (χ4v) is 6.10. The van der Waals surface area contributed by atoms with Gasteiger partial charge in [-0.3, -0.25) is 0 Å². The Morgan fingerprint density at radius 3 is 2.74 bits per heavy atom. The second kappa shape index (κ2) is 8.72. The molecule has 4 rings (SSSR count). The van der Waals surface area contributed by atoms with Crippen molar-refractivity contribution >= 4 is 15.8 Å². The SMILES string of the molecule is CNc1nc(C2CCCN(S(=O)(=O)c3ccc(OC)c(C)c3)C2)nc2c1CN(C)CC2. The van der Waals surface area contributed by atoms with Gasteiger partial charge in [-0.2, -0.15) is 4.31 Å². The van der Waals surface area contributed by atoms with Crippen LogP contribution in [0.2, 0.25) is 0 Å². The second-order valence-corrected chi connectivity index (χ2v) is 10.4. The van der Waals surface area contributed by atoms with Gasteiger partial charge in [0, 0.05) is 51.1 Å². The number of aromatic nitrogens is 2. The van der Waals surface area contributed by atoms with Gasteiger partial charge in [-0.25, -0.2) is 18.4 Å². The molecule has 0 saturated carbocycles. The average Bonchev–Trinajstić information content (AvgIpc) is 2.78. The number of ether oxygens (including phenoxy) is 1. The third-order valence-corrected chi connectivity index (χ3v) is 8.12. The van der Waals surface area contributed by atoms with E-state index in [1.54, 1.807) is 29.6 Å². The van der Waals surface area contributed by atoms with Gasteiger partial charge in [0.1, 0.15) is 17.4 Å². The number of piperidine rings is 1. The van der Waals surface area contributed by atoms with Crippen LogP contribution in [0.15, 0.2) is 23.1 Å². The number of methoxy groups -OCH3 is 1. The average molecular weight is 446 g/mol. The summed E-state index contributed by atoms with van der Waals surface area (Å²) in [5.41, 5.74) is 3.03. The fraction of sp³-hybridized carbons (Fsp3) is 0.545. The third kappa shape index (κ3) is 4.26. The largest absolute Gasteiger partial charge is 0.496 e. The van der Waals surface area contributed by atoms with Gasteiger partial charge in [0.2, 0.25) is 10.0 Å². The zero-order valence-electron chi connectivity index (χ0n) is 18.7. The molecule has 9 heteroatoms. The number of fused-ring (bicyclic) bond motifs is 1. The highest BCUT2D eigenvalue weighted by atomic mass is 32.2. The number of benzene rings is 1. The number of aryl methyl sites for hydroxylation is 1. The van der Waals surface area contributed by atoms with E-state index in [0.29, 0.717) is 23.7 Å². The van der Waals surface area contributed by atoms with Crippen LogP contribution in [0.3, 0.4) is 0 Å².